The Morgan fingerprint density at radius 3 is 2.80 bits per heavy atom. The molecular weight excluding hydrogens is 254 g/mol. The van der Waals surface area contributed by atoms with Crippen LogP contribution in [0.25, 0.3) is 11.1 Å². The van der Waals surface area contributed by atoms with Gasteiger partial charge < -0.3 is 10.2 Å². The Balaban J connectivity index is 2.19. The van der Waals surface area contributed by atoms with Gasteiger partial charge in [0, 0.05) is 0 Å². The smallest absolute Gasteiger partial charge is 0.408 e. The van der Waals surface area contributed by atoms with Crippen molar-refractivity contribution < 1.29 is 4.42 Å². The van der Waals surface area contributed by atoms with E-state index in [4.69, 9.17) is 15.4 Å². The summed E-state index contributed by atoms with van der Waals surface area (Å²) in [5.41, 5.74) is 8.68. The number of fused-ring (bicyclic) bond motifs is 1. The number of nitrogen functional groups attached to an aromatic ring is 1. The molecule has 2 aromatic carbocycles. The Morgan fingerprint density at radius 2 is 2.00 bits per heavy atom. The largest absolute Gasteiger partial charge is 0.420 e. The number of hydrogen-bond donors (Lipinski definition) is 1. The molecule has 0 radical (unpaired) electrons. The lowest BCUT2D eigenvalue weighted by Crippen LogP contribution is -2.16. The molecule has 0 atom stereocenters. The van der Waals surface area contributed by atoms with Crippen LogP contribution in [0.5, 0.6) is 0 Å². The lowest BCUT2D eigenvalue weighted by molar-refractivity contribution is 0.517. The molecule has 0 aliphatic rings. The van der Waals surface area contributed by atoms with E-state index in [1.807, 2.05) is 12.1 Å². The summed E-state index contributed by atoms with van der Waals surface area (Å²) >= 11 is 0. The maximum absolute atomic E-state index is 12.0. The van der Waals surface area contributed by atoms with Gasteiger partial charge in [-0.15, -0.1) is 0 Å². The molecule has 0 spiro atoms. The SMILES string of the molecule is N#Cc1ccccc1Cn1c(=O)oc2cccc(N)c21. The normalized spacial score (nSPS) is 10.6. The summed E-state index contributed by atoms with van der Waals surface area (Å²) in [4.78, 5) is 12.0. The second kappa shape index (κ2) is 4.59. The molecule has 5 nitrogen and oxygen atoms in total. The molecule has 0 saturated heterocycles. The van der Waals surface area contributed by atoms with Crippen molar-refractivity contribution in [2.45, 2.75) is 6.54 Å². The molecule has 98 valence electrons. The Morgan fingerprint density at radius 1 is 1.20 bits per heavy atom. The summed E-state index contributed by atoms with van der Waals surface area (Å²) in [6, 6.07) is 14.4. The van der Waals surface area contributed by atoms with Gasteiger partial charge in [0.15, 0.2) is 5.58 Å². The summed E-state index contributed by atoms with van der Waals surface area (Å²) in [5.74, 6) is -0.481. The fraction of sp³-hybridized carbons (Fsp3) is 0.0667. The molecule has 1 aromatic heterocycles. The molecule has 0 unspecified atom stereocenters. The predicted molar refractivity (Wildman–Crippen MR) is 75.1 cm³/mol. The monoisotopic (exact) mass is 265 g/mol. The molecule has 20 heavy (non-hydrogen) atoms. The van der Waals surface area contributed by atoms with E-state index in [1.54, 1.807) is 30.3 Å². The molecule has 1 heterocycles. The third-order valence-electron chi connectivity index (χ3n) is 3.18. The van der Waals surface area contributed by atoms with Crippen LogP contribution in [0.2, 0.25) is 0 Å². The summed E-state index contributed by atoms with van der Waals surface area (Å²) in [6.07, 6.45) is 0. The molecule has 0 fully saturated rings. The zero-order chi connectivity index (χ0) is 14.1. The van der Waals surface area contributed by atoms with Gasteiger partial charge in [0.25, 0.3) is 0 Å². The zero-order valence-corrected chi connectivity index (χ0v) is 10.5. The van der Waals surface area contributed by atoms with Crippen LogP contribution in [0, 0.1) is 11.3 Å². The van der Waals surface area contributed by atoms with Crippen LogP contribution in [0.15, 0.2) is 51.7 Å². The van der Waals surface area contributed by atoms with Gasteiger partial charge in [-0.25, -0.2) is 4.79 Å². The fourth-order valence-electron chi connectivity index (χ4n) is 2.23. The van der Waals surface area contributed by atoms with Crippen molar-refractivity contribution in [3.8, 4) is 6.07 Å². The van der Waals surface area contributed by atoms with E-state index in [0.29, 0.717) is 22.4 Å². The fourth-order valence-corrected chi connectivity index (χ4v) is 2.23. The van der Waals surface area contributed by atoms with Crippen molar-refractivity contribution in [3.63, 3.8) is 0 Å². The van der Waals surface area contributed by atoms with E-state index in [1.165, 1.54) is 4.57 Å². The quantitative estimate of drug-likeness (QED) is 0.719. The molecule has 0 aliphatic carbocycles. The second-order valence-electron chi connectivity index (χ2n) is 4.42. The third kappa shape index (κ3) is 1.84. The highest BCUT2D eigenvalue weighted by atomic mass is 16.4. The van der Waals surface area contributed by atoms with E-state index >= 15 is 0 Å². The van der Waals surface area contributed by atoms with Crippen LogP contribution < -0.4 is 11.5 Å². The summed E-state index contributed by atoms with van der Waals surface area (Å²) in [7, 11) is 0. The number of nitrogens with zero attached hydrogens (tertiary/aromatic N) is 2. The van der Waals surface area contributed by atoms with E-state index in [9.17, 15) is 4.79 Å². The average Bonchev–Trinajstić information content (AvgIpc) is 2.77. The Kier molecular flexibility index (Phi) is 2.77. The number of nitrogens with two attached hydrogens (primary N) is 1. The van der Waals surface area contributed by atoms with Crippen LogP contribution in [-0.4, -0.2) is 4.57 Å². The second-order valence-corrected chi connectivity index (χ2v) is 4.42. The molecule has 2 N–H and O–H groups in total. The van der Waals surface area contributed by atoms with Crippen LogP contribution >= 0.6 is 0 Å². The number of aromatic nitrogens is 1. The lowest BCUT2D eigenvalue weighted by atomic mass is 10.1. The first-order chi connectivity index (χ1) is 9.70. The average molecular weight is 265 g/mol. The lowest BCUT2D eigenvalue weighted by Gasteiger charge is -2.05. The highest BCUT2D eigenvalue weighted by Crippen LogP contribution is 2.21. The summed E-state index contributed by atoms with van der Waals surface area (Å²) in [6.45, 7) is 0.254. The number of oxazole rings is 1. The van der Waals surface area contributed by atoms with Gasteiger partial charge in [0.05, 0.1) is 23.9 Å². The minimum Gasteiger partial charge on any atom is -0.408 e. The number of anilines is 1. The van der Waals surface area contributed by atoms with Gasteiger partial charge >= 0.3 is 5.76 Å². The van der Waals surface area contributed by atoms with Crippen LogP contribution in [-0.2, 0) is 6.54 Å². The van der Waals surface area contributed by atoms with Gasteiger partial charge in [0.1, 0.15) is 5.52 Å². The number of hydrogen-bond acceptors (Lipinski definition) is 4. The topological polar surface area (TPSA) is 85.0 Å². The minimum atomic E-state index is -0.481. The zero-order valence-electron chi connectivity index (χ0n) is 10.5. The van der Waals surface area contributed by atoms with Crippen LogP contribution in [0.1, 0.15) is 11.1 Å². The van der Waals surface area contributed by atoms with E-state index < -0.39 is 5.76 Å². The van der Waals surface area contributed by atoms with Gasteiger partial charge in [0.2, 0.25) is 0 Å². The summed E-state index contributed by atoms with van der Waals surface area (Å²) < 4.78 is 6.62. The maximum atomic E-state index is 12.0. The highest BCUT2D eigenvalue weighted by molar-refractivity contribution is 5.85. The molecule has 5 heteroatoms. The van der Waals surface area contributed by atoms with Crippen LogP contribution in [0.4, 0.5) is 5.69 Å². The molecule has 0 aliphatic heterocycles. The minimum absolute atomic E-state index is 0.254. The summed E-state index contributed by atoms with van der Waals surface area (Å²) in [5, 5.41) is 9.10. The number of rotatable bonds is 2. The molecule has 0 bridgehead atoms. The number of nitriles is 1. The molecule has 0 amide bonds. The number of benzene rings is 2. The van der Waals surface area contributed by atoms with Crippen LogP contribution in [0.3, 0.4) is 0 Å². The predicted octanol–water partition coefficient (Wildman–Crippen LogP) is 2.10. The highest BCUT2D eigenvalue weighted by Gasteiger charge is 2.13. The standard InChI is InChI=1S/C15H11N3O2/c16-8-10-4-1-2-5-11(10)9-18-14-12(17)6-3-7-13(14)20-15(18)19/h1-7H,9,17H2. The van der Waals surface area contributed by atoms with E-state index in [-0.39, 0.29) is 6.54 Å². The first kappa shape index (κ1) is 12.1. The maximum Gasteiger partial charge on any atom is 0.420 e. The van der Waals surface area contributed by atoms with Crippen molar-refractivity contribution >= 4 is 16.8 Å². The van der Waals surface area contributed by atoms with Crippen molar-refractivity contribution in [3.05, 3.63) is 64.1 Å². The molecular formula is C15H11N3O2. The van der Waals surface area contributed by atoms with E-state index in [2.05, 4.69) is 6.07 Å². The van der Waals surface area contributed by atoms with Gasteiger partial charge in [-0.05, 0) is 23.8 Å². The third-order valence-corrected chi connectivity index (χ3v) is 3.18. The van der Waals surface area contributed by atoms with Gasteiger partial charge in [-0.2, -0.15) is 5.26 Å². The van der Waals surface area contributed by atoms with Gasteiger partial charge in [-0.3, -0.25) is 4.57 Å². The Hall–Kier alpha value is -3.00. The molecule has 3 aromatic rings. The van der Waals surface area contributed by atoms with Gasteiger partial charge in [-0.1, -0.05) is 24.3 Å². The Bertz CT molecular complexity index is 884. The Labute approximate surface area is 114 Å². The number of para-hydroxylation sites is 1. The van der Waals surface area contributed by atoms with Crippen molar-refractivity contribution in [1.29, 1.82) is 5.26 Å². The molecule has 3 rings (SSSR count). The van der Waals surface area contributed by atoms with E-state index in [0.717, 1.165) is 5.56 Å². The van der Waals surface area contributed by atoms with Crippen molar-refractivity contribution in [1.82, 2.24) is 4.57 Å². The first-order valence-electron chi connectivity index (χ1n) is 6.06. The first-order valence-corrected chi connectivity index (χ1v) is 6.06. The molecule has 0 saturated carbocycles. The van der Waals surface area contributed by atoms with Crippen molar-refractivity contribution in [2.75, 3.05) is 5.73 Å². The van der Waals surface area contributed by atoms with Crippen molar-refractivity contribution in [2.24, 2.45) is 0 Å².